The fraction of sp³-hybridized carbons (Fsp3) is 0.367. The second kappa shape index (κ2) is 12.9. The Labute approximate surface area is 218 Å². The van der Waals surface area contributed by atoms with Crippen molar-refractivity contribution in [1.29, 1.82) is 0 Å². The highest BCUT2D eigenvalue weighted by atomic mass is 19.1. The second-order valence-electron chi connectivity index (χ2n) is 10.1. The second-order valence-corrected chi connectivity index (χ2v) is 10.1. The Bertz CT molecular complexity index is 1180. The standard InChI is InChI=1S/C30H37FN2O4/c1-20(13-25-15-23(11-12-27(25)29(35)36)22-7-5-4-6-8-22)37-19-26(34)18-33-30(2,3)16-21-9-10-24(17-32)28(31)14-21/h4-12,14-15,20,26,33-34H,13,16-19,32H2,1-3H3,(H,35,36)/t20?,26-/m1/s1. The van der Waals surface area contributed by atoms with E-state index in [2.05, 4.69) is 5.32 Å². The zero-order valence-corrected chi connectivity index (χ0v) is 21.7. The van der Waals surface area contributed by atoms with E-state index in [0.29, 0.717) is 30.5 Å². The number of hydrogen-bond donors (Lipinski definition) is 4. The van der Waals surface area contributed by atoms with Gasteiger partial charge in [0.25, 0.3) is 0 Å². The van der Waals surface area contributed by atoms with Crippen molar-refractivity contribution in [3.8, 4) is 11.1 Å². The number of carboxylic acids is 1. The Hall–Kier alpha value is -3.10. The van der Waals surface area contributed by atoms with Crippen LogP contribution in [0, 0.1) is 5.82 Å². The molecule has 0 heterocycles. The molecule has 5 N–H and O–H groups in total. The molecule has 0 saturated heterocycles. The Morgan fingerprint density at radius 3 is 2.43 bits per heavy atom. The number of carbonyl (C=O) groups is 1. The number of nitrogens with two attached hydrogens (primary N) is 1. The third-order valence-corrected chi connectivity index (χ3v) is 6.32. The lowest BCUT2D eigenvalue weighted by Crippen LogP contribution is -2.46. The molecule has 3 aromatic carbocycles. The number of aliphatic hydroxyl groups is 1. The van der Waals surface area contributed by atoms with Gasteiger partial charge in [-0.1, -0.05) is 54.6 Å². The number of hydrogen-bond acceptors (Lipinski definition) is 5. The van der Waals surface area contributed by atoms with Crippen molar-refractivity contribution in [1.82, 2.24) is 5.32 Å². The fourth-order valence-corrected chi connectivity index (χ4v) is 4.32. The summed E-state index contributed by atoms with van der Waals surface area (Å²) in [7, 11) is 0. The highest BCUT2D eigenvalue weighted by Crippen LogP contribution is 2.24. The van der Waals surface area contributed by atoms with Gasteiger partial charge in [-0.05, 0) is 68.0 Å². The van der Waals surface area contributed by atoms with Gasteiger partial charge in [0.15, 0.2) is 0 Å². The predicted octanol–water partition coefficient (Wildman–Crippen LogP) is 4.57. The van der Waals surface area contributed by atoms with E-state index in [4.69, 9.17) is 10.5 Å². The first-order valence-electron chi connectivity index (χ1n) is 12.5. The van der Waals surface area contributed by atoms with Crippen LogP contribution in [-0.4, -0.2) is 47.1 Å². The van der Waals surface area contributed by atoms with Crippen molar-refractivity contribution in [2.45, 2.75) is 57.9 Å². The third-order valence-electron chi connectivity index (χ3n) is 6.32. The smallest absolute Gasteiger partial charge is 0.335 e. The number of aliphatic hydroxyl groups excluding tert-OH is 1. The van der Waals surface area contributed by atoms with Crippen molar-refractivity contribution >= 4 is 5.97 Å². The molecule has 2 atom stereocenters. The maximum atomic E-state index is 14.1. The fourth-order valence-electron chi connectivity index (χ4n) is 4.32. The van der Waals surface area contributed by atoms with Crippen molar-refractivity contribution in [2.24, 2.45) is 5.73 Å². The SMILES string of the molecule is CC(Cc1cc(-c2ccccc2)ccc1C(=O)O)OC[C@H](O)CNC(C)(C)Cc1ccc(CN)c(F)c1. The summed E-state index contributed by atoms with van der Waals surface area (Å²) in [5, 5.41) is 23.4. The molecule has 1 unspecified atom stereocenters. The van der Waals surface area contributed by atoms with E-state index in [1.807, 2.05) is 69.3 Å². The number of β-amino-alcohol motifs (C(OH)–C–C–N with tert-alkyl or cyclic N) is 1. The van der Waals surface area contributed by atoms with Crippen LogP contribution in [0.1, 0.15) is 47.8 Å². The molecule has 0 aliphatic carbocycles. The molecule has 6 nitrogen and oxygen atoms in total. The Morgan fingerprint density at radius 1 is 1.05 bits per heavy atom. The summed E-state index contributed by atoms with van der Waals surface area (Å²) in [6, 6.07) is 20.2. The van der Waals surface area contributed by atoms with Crippen LogP contribution in [0.2, 0.25) is 0 Å². The maximum absolute atomic E-state index is 14.1. The molecule has 0 spiro atoms. The van der Waals surface area contributed by atoms with E-state index in [1.54, 1.807) is 12.1 Å². The molecule has 0 aliphatic rings. The summed E-state index contributed by atoms with van der Waals surface area (Å²) >= 11 is 0. The normalized spacial score (nSPS) is 13.4. The first-order chi connectivity index (χ1) is 17.6. The predicted molar refractivity (Wildman–Crippen MR) is 144 cm³/mol. The summed E-state index contributed by atoms with van der Waals surface area (Å²) < 4.78 is 19.9. The molecule has 0 bridgehead atoms. The van der Waals surface area contributed by atoms with E-state index >= 15 is 0 Å². The lowest BCUT2D eigenvalue weighted by atomic mass is 9.94. The molecule has 198 valence electrons. The first kappa shape index (κ1) is 28.5. The number of aromatic carboxylic acids is 1. The van der Waals surface area contributed by atoms with E-state index in [0.717, 1.165) is 16.7 Å². The Morgan fingerprint density at radius 2 is 1.78 bits per heavy atom. The highest BCUT2D eigenvalue weighted by Gasteiger charge is 2.21. The summed E-state index contributed by atoms with van der Waals surface area (Å²) in [5.74, 6) is -1.29. The van der Waals surface area contributed by atoms with Gasteiger partial charge in [0, 0.05) is 24.2 Å². The molecule has 3 rings (SSSR count). The van der Waals surface area contributed by atoms with Crippen LogP contribution >= 0.6 is 0 Å². The average molecular weight is 509 g/mol. The maximum Gasteiger partial charge on any atom is 0.335 e. The third kappa shape index (κ3) is 8.47. The van der Waals surface area contributed by atoms with Gasteiger partial charge in [-0.25, -0.2) is 9.18 Å². The van der Waals surface area contributed by atoms with E-state index in [9.17, 15) is 19.4 Å². The molecule has 0 amide bonds. The van der Waals surface area contributed by atoms with Crippen LogP contribution < -0.4 is 11.1 Å². The lowest BCUT2D eigenvalue weighted by Gasteiger charge is -2.28. The van der Waals surface area contributed by atoms with Gasteiger partial charge in [0.1, 0.15) is 5.82 Å². The molecule has 3 aromatic rings. The summed E-state index contributed by atoms with van der Waals surface area (Å²) in [5.41, 5.74) is 9.37. The Kier molecular flexibility index (Phi) is 9.94. The Balaban J connectivity index is 1.53. The van der Waals surface area contributed by atoms with Gasteiger partial charge < -0.3 is 26.0 Å². The molecular formula is C30H37FN2O4. The molecule has 0 aliphatic heterocycles. The minimum atomic E-state index is -0.981. The van der Waals surface area contributed by atoms with Gasteiger partial charge in [-0.3, -0.25) is 0 Å². The van der Waals surface area contributed by atoms with Crippen LogP contribution in [0.25, 0.3) is 11.1 Å². The first-order valence-corrected chi connectivity index (χ1v) is 12.5. The average Bonchev–Trinajstić information content (AvgIpc) is 2.86. The molecule has 0 fully saturated rings. The molecule has 0 aromatic heterocycles. The van der Waals surface area contributed by atoms with Crippen LogP contribution in [0.5, 0.6) is 0 Å². The number of ether oxygens (including phenoxy) is 1. The summed E-state index contributed by atoms with van der Waals surface area (Å²) in [4.78, 5) is 11.8. The van der Waals surface area contributed by atoms with Gasteiger partial charge in [0.2, 0.25) is 0 Å². The minimum Gasteiger partial charge on any atom is -0.478 e. The molecule has 7 heteroatoms. The topological polar surface area (TPSA) is 105 Å². The van der Waals surface area contributed by atoms with Gasteiger partial charge >= 0.3 is 5.97 Å². The van der Waals surface area contributed by atoms with Crippen molar-refractivity contribution in [2.75, 3.05) is 13.2 Å². The van der Waals surface area contributed by atoms with Crippen molar-refractivity contribution in [3.05, 3.63) is 94.8 Å². The largest absolute Gasteiger partial charge is 0.478 e. The minimum absolute atomic E-state index is 0.102. The quantitative estimate of drug-likeness (QED) is 0.270. The summed E-state index contributed by atoms with van der Waals surface area (Å²) in [6.45, 7) is 6.41. The van der Waals surface area contributed by atoms with Crippen LogP contribution in [0.15, 0.2) is 66.7 Å². The number of carboxylic acid groups (broad SMARTS) is 1. The van der Waals surface area contributed by atoms with Crippen LogP contribution in [-0.2, 0) is 24.1 Å². The van der Waals surface area contributed by atoms with Gasteiger partial charge in [-0.2, -0.15) is 0 Å². The number of nitrogens with one attached hydrogen (secondary N) is 1. The van der Waals surface area contributed by atoms with E-state index in [1.165, 1.54) is 6.07 Å². The zero-order chi connectivity index (χ0) is 27.0. The van der Waals surface area contributed by atoms with Crippen molar-refractivity contribution < 1.29 is 24.1 Å². The highest BCUT2D eigenvalue weighted by molar-refractivity contribution is 5.90. The van der Waals surface area contributed by atoms with E-state index in [-0.39, 0.29) is 36.2 Å². The van der Waals surface area contributed by atoms with Crippen molar-refractivity contribution in [3.63, 3.8) is 0 Å². The lowest BCUT2D eigenvalue weighted by molar-refractivity contribution is -0.00289. The molecular weight excluding hydrogens is 471 g/mol. The molecule has 0 radical (unpaired) electrons. The summed E-state index contributed by atoms with van der Waals surface area (Å²) in [6.07, 6.45) is -0.0734. The monoisotopic (exact) mass is 508 g/mol. The number of benzene rings is 3. The van der Waals surface area contributed by atoms with Crippen LogP contribution in [0.4, 0.5) is 4.39 Å². The zero-order valence-electron chi connectivity index (χ0n) is 21.7. The number of halogens is 1. The molecule has 0 saturated carbocycles. The van der Waals surface area contributed by atoms with E-state index < -0.39 is 12.1 Å². The van der Waals surface area contributed by atoms with Crippen LogP contribution in [0.3, 0.4) is 0 Å². The number of rotatable bonds is 13. The van der Waals surface area contributed by atoms with Gasteiger partial charge in [-0.15, -0.1) is 0 Å². The molecule has 37 heavy (non-hydrogen) atoms. The van der Waals surface area contributed by atoms with Gasteiger partial charge in [0.05, 0.1) is 24.4 Å².